The normalized spacial score (nSPS) is 28.2. The highest BCUT2D eigenvalue weighted by Gasteiger charge is 2.56. The average Bonchev–Trinajstić information content (AvgIpc) is 3.11. The summed E-state index contributed by atoms with van der Waals surface area (Å²) >= 11 is 0. The van der Waals surface area contributed by atoms with Gasteiger partial charge in [-0.2, -0.15) is 0 Å². The van der Waals surface area contributed by atoms with Gasteiger partial charge in [-0.1, -0.05) is 0 Å². The van der Waals surface area contributed by atoms with Crippen LogP contribution in [0.15, 0.2) is 22.8 Å². The third-order valence-corrected chi connectivity index (χ3v) is 4.43. The fourth-order valence-electron chi connectivity index (χ4n) is 3.37. The van der Waals surface area contributed by atoms with Crippen LogP contribution < -0.4 is 5.32 Å². The van der Waals surface area contributed by atoms with Gasteiger partial charge in [0.2, 0.25) is 5.91 Å². The first-order valence-corrected chi connectivity index (χ1v) is 7.61. The molecule has 0 radical (unpaired) electrons. The van der Waals surface area contributed by atoms with Crippen molar-refractivity contribution in [3.05, 3.63) is 24.2 Å². The molecule has 2 fully saturated rings. The van der Waals surface area contributed by atoms with Gasteiger partial charge in [0.25, 0.3) is 0 Å². The largest absolute Gasteiger partial charge is 0.469 e. The molecule has 2 atom stereocenters. The summed E-state index contributed by atoms with van der Waals surface area (Å²) in [6.07, 6.45) is 1.89. The summed E-state index contributed by atoms with van der Waals surface area (Å²) in [5, 5.41) is 2.92. The summed E-state index contributed by atoms with van der Waals surface area (Å²) in [5.74, 6) is 0.756. The lowest BCUT2D eigenvalue weighted by atomic mass is 9.75. The van der Waals surface area contributed by atoms with Crippen molar-refractivity contribution in [2.75, 3.05) is 19.6 Å². The molecule has 1 spiro atoms. The van der Waals surface area contributed by atoms with E-state index in [-0.39, 0.29) is 17.9 Å². The second kappa shape index (κ2) is 5.04. The van der Waals surface area contributed by atoms with E-state index in [0.717, 1.165) is 5.76 Å². The maximum Gasteiger partial charge on any atom is 0.410 e. The number of nitrogens with one attached hydrogen (secondary N) is 1. The lowest BCUT2D eigenvalue weighted by Gasteiger charge is -2.28. The van der Waals surface area contributed by atoms with Crippen LogP contribution in [0.25, 0.3) is 0 Å². The van der Waals surface area contributed by atoms with Gasteiger partial charge in [0.05, 0.1) is 17.6 Å². The quantitative estimate of drug-likeness (QED) is 0.862. The molecule has 2 amide bonds. The van der Waals surface area contributed by atoms with Crippen molar-refractivity contribution in [1.82, 2.24) is 10.2 Å². The number of hydrogen-bond donors (Lipinski definition) is 1. The molecule has 1 N–H and O–H groups in total. The average molecular weight is 306 g/mol. The molecule has 6 nitrogen and oxygen atoms in total. The zero-order valence-electron chi connectivity index (χ0n) is 13.2. The number of amides is 2. The van der Waals surface area contributed by atoms with Crippen LogP contribution in [-0.4, -0.2) is 42.1 Å². The van der Waals surface area contributed by atoms with Gasteiger partial charge in [0.15, 0.2) is 0 Å². The molecule has 6 heteroatoms. The summed E-state index contributed by atoms with van der Waals surface area (Å²) < 4.78 is 10.9. The monoisotopic (exact) mass is 306 g/mol. The predicted molar refractivity (Wildman–Crippen MR) is 79.3 cm³/mol. The highest BCUT2D eigenvalue weighted by Crippen LogP contribution is 2.47. The van der Waals surface area contributed by atoms with Gasteiger partial charge in [-0.15, -0.1) is 0 Å². The highest BCUT2D eigenvalue weighted by atomic mass is 16.6. The summed E-state index contributed by atoms with van der Waals surface area (Å²) in [6, 6.07) is 3.72. The van der Waals surface area contributed by atoms with Gasteiger partial charge < -0.3 is 19.4 Å². The van der Waals surface area contributed by atoms with Crippen LogP contribution in [0.1, 0.15) is 38.9 Å². The van der Waals surface area contributed by atoms with Crippen LogP contribution in [0.3, 0.4) is 0 Å². The minimum absolute atomic E-state index is 0.0000383. The maximum atomic E-state index is 12.4. The van der Waals surface area contributed by atoms with Crippen molar-refractivity contribution in [2.45, 2.75) is 38.7 Å². The van der Waals surface area contributed by atoms with E-state index in [0.29, 0.717) is 26.1 Å². The minimum atomic E-state index is -0.602. The Kier molecular flexibility index (Phi) is 3.42. The van der Waals surface area contributed by atoms with Crippen molar-refractivity contribution in [3.63, 3.8) is 0 Å². The van der Waals surface area contributed by atoms with E-state index in [9.17, 15) is 9.59 Å². The number of nitrogens with zero attached hydrogens (tertiary/aromatic N) is 1. The Morgan fingerprint density at radius 1 is 1.50 bits per heavy atom. The molecular weight excluding hydrogens is 284 g/mol. The van der Waals surface area contributed by atoms with Crippen LogP contribution in [0, 0.1) is 5.41 Å². The molecule has 0 saturated carbocycles. The van der Waals surface area contributed by atoms with E-state index in [1.165, 1.54) is 0 Å². The number of rotatable bonds is 1. The molecule has 0 bridgehead atoms. The SMILES string of the molecule is CC(C)(C)OC(=O)N1CC[C@@]2(C1)C(=O)NC[C@H]2c1ccco1. The second-order valence-electron chi connectivity index (χ2n) is 7.09. The molecule has 1 aromatic rings. The van der Waals surface area contributed by atoms with E-state index in [1.807, 2.05) is 32.9 Å². The topological polar surface area (TPSA) is 71.8 Å². The smallest absolute Gasteiger partial charge is 0.410 e. The van der Waals surface area contributed by atoms with E-state index in [2.05, 4.69) is 5.32 Å². The fourth-order valence-corrected chi connectivity index (χ4v) is 3.37. The molecule has 22 heavy (non-hydrogen) atoms. The van der Waals surface area contributed by atoms with Crippen LogP contribution in [0.2, 0.25) is 0 Å². The number of furan rings is 1. The van der Waals surface area contributed by atoms with Crippen molar-refractivity contribution < 1.29 is 18.7 Å². The first-order valence-electron chi connectivity index (χ1n) is 7.61. The molecule has 0 aromatic carbocycles. The first-order chi connectivity index (χ1) is 10.3. The van der Waals surface area contributed by atoms with E-state index >= 15 is 0 Å². The maximum absolute atomic E-state index is 12.4. The van der Waals surface area contributed by atoms with Crippen molar-refractivity contribution in [3.8, 4) is 0 Å². The number of hydrogen-bond acceptors (Lipinski definition) is 4. The Balaban J connectivity index is 1.79. The summed E-state index contributed by atoms with van der Waals surface area (Å²) in [6.45, 7) is 6.97. The summed E-state index contributed by atoms with van der Waals surface area (Å²) in [4.78, 5) is 26.3. The van der Waals surface area contributed by atoms with Crippen LogP contribution >= 0.6 is 0 Å². The minimum Gasteiger partial charge on any atom is -0.469 e. The van der Waals surface area contributed by atoms with E-state index < -0.39 is 11.0 Å². The van der Waals surface area contributed by atoms with Crippen LogP contribution in [0.4, 0.5) is 4.79 Å². The molecule has 3 heterocycles. The lowest BCUT2D eigenvalue weighted by Crippen LogP contribution is -2.40. The van der Waals surface area contributed by atoms with Gasteiger partial charge >= 0.3 is 6.09 Å². The molecule has 3 rings (SSSR count). The van der Waals surface area contributed by atoms with Crippen LogP contribution in [0.5, 0.6) is 0 Å². The predicted octanol–water partition coefficient (Wildman–Crippen LogP) is 2.12. The van der Waals surface area contributed by atoms with E-state index in [4.69, 9.17) is 9.15 Å². The molecule has 120 valence electrons. The molecule has 1 aromatic heterocycles. The Labute approximate surface area is 129 Å². The highest BCUT2D eigenvalue weighted by molar-refractivity contribution is 5.88. The van der Waals surface area contributed by atoms with Gasteiger partial charge in [-0.3, -0.25) is 4.79 Å². The van der Waals surface area contributed by atoms with Crippen LogP contribution in [-0.2, 0) is 9.53 Å². The number of ether oxygens (including phenoxy) is 1. The molecular formula is C16H22N2O4. The summed E-state index contributed by atoms with van der Waals surface area (Å²) in [5.41, 5.74) is -1.14. The zero-order valence-corrected chi connectivity index (χ0v) is 13.2. The Morgan fingerprint density at radius 3 is 2.91 bits per heavy atom. The fraction of sp³-hybridized carbons (Fsp3) is 0.625. The Bertz CT molecular complexity index is 575. The van der Waals surface area contributed by atoms with Crippen molar-refractivity contribution in [2.24, 2.45) is 5.41 Å². The Hall–Kier alpha value is -1.98. The van der Waals surface area contributed by atoms with E-state index in [1.54, 1.807) is 11.2 Å². The molecule has 0 aliphatic carbocycles. The standard InChI is InChI=1S/C16H22N2O4/c1-15(2,3)22-14(20)18-7-6-16(10-18)11(9-17-13(16)19)12-5-4-8-21-12/h4-5,8,11H,6-7,9-10H2,1-3H3,(H,17,19)/t11-,16-/m0/s1. The number of likely N-dealkylation sites (tertiary alicyclic amines) is 1. The summed E-state index contributed by atoms with van der Waals surface area (Å²) in [7, 11) is 0. The molecule has 2 aliphatic heterocycles. The van der Waals surface area contributed by atoms with Crippen molar-refractivity contribution >= 4 is 12.0 Å². The first kappa shape index (κ1) is 14.9. The number of carbonyl (C=O) groups is 2. The molecule has 0 unspecified atom stereocenters. The molecule has 2 aliphatic rings. The third-order valence-electron chi connectivity index (χ3n) is 4.43. The van der Waals surface area contributed by atoms with Gasteiger partial charge in [-0.05, 0) is 39.3 Å². The van der Waals surface area contributed by atoms with Gasteiger partial charge in [-0.25, -0.2) is 4.79 Å². The Morgan fingerprint density at radius 2 is 2.27 bits per heavy atom. The second-order valence-corrected chi connectivity index (χ2v) is 7.09. The molecule has 2 saturated heterocycles. The lowest BCUT2D eigenvalue weighted by molar-refractivity contribution is -0.127. The van der Waals surface area contributed by atoms with Crippen molar-refractivity contribution in [1.29, 1.82) is 0 Å². The third kappa shape index (κ3) is 2.46. The zero-order chi connectivity index (χ0) is 16.0. The van der Waals surface area contributed by atoms with Gasteiger partial charge in [0.1, 0.15) is 11.4 Å². The number of carbonyl (C=O) groups excluding carboxylic acids is 2. The van der Waals surface area contributed by atoms with Gasteiger partial charge in [0, 0.05) is 19.6 Å².